The molecule has 154 valence electrons. The number of esters is 1. The molecule has 0 aliphatic heterocycles. The number of ether oxygens (including phenoxy) is 2. The van der Waals surface area contributed by atoms with Gasteiger partial charge in [-0.25, -0.2) is 9.78 Å². The van der Waals surface area contributed by atoms with Crippen LogP contribution in [-0.2, 0) is 9.53 Å². The number of nitrogens with zero attached hydrogens (tertiary/aromatic N) is 1. The number of hydrogen-bond acceptors (Lipinski definition) is 5. The number of amides is 1. The normalized spacial score (nSPS) is 11.4. The highest BCUT2D eigenvalue weighted by Crippen LogP contribution is 2.23. The lowest BCUT2D eigenvalue weighted by Gasteiger charge is -2.20. The van der Waals surface area contributed by atoms with E-state index in [2.05, 4.69) is 10.3 Å². The first-order chi connectivity index (χ1) is 14.6. The molecule has 3 rings (SSSR count). The molecular formula is C23H21ClN2O4. The third-order valence-electron chi connectivity index (χ3n) is 4.25. The predicted octanol–water partition coefficient (Wildman–Crippen LogP) is 4.20. The molecule has 0 saturated heterocycles. The number of carbonyl (C=O) groups is 2. The van der Waals surface area contributed by atoms with E-state index in [4.69, 9.17) is 21.1 Å². The van der Waals surface area contributed by atoms with Crippen molar-refractivity contribution >= 4 is 23.5 Å². The molecule has 30 heavy (non-hydrogen) atoms. The van der Waals surface area contributed by atoms with E-state index >= 15 is 0 Å². The summed E-state index contributed by atoms with van der Waals surface area (Å²) < 4.78 is 10.5. The van der Waals surface area contributed by atoms with Crippen LogP contribution in [0.25, 0.3) is 0 Å². The molecule has 0 fully saturated rings. The SMILES string of the molecule is CCOc1ncccc1C(=O)OCC(=O)NC(c1ccccc1)c1ccc(Cl)cc1. The van der Waals surface area contributed by atoms with Gasteiger partial charge in [-0.15, -0.1) is 0 Å². The van der Waals surface area contributed by atoms with Crippen LogP contribution in [-0.4, -0.2) is 30.1 Å². The largest absolute Gasteiger partial charge is 0.477 e. The molecule has 7 heteroatoms. The van der Waals surface area contributed by atoms with Crippen LogP contribution in [0.2, 0.25) is 5.02 Å². The van der Waals surface area contributed by atoms with Gasteiger partial charge in [-0.2, -0.15) is 0 Å². The van der Waals surface area contributed by atoms with E-state index in [1.165, 1.54) is 6.20 Å². The van der Waals surface area contributed by atoms with Crippen molar-refractivity contribution in [1.82, 2.24) is 10.3 Å². The lowest BCUT2D eigenvalue weighted by molar-refractivity contribution is -0.124. The molecule has 0 aliphatic carbocycles. The Bertz CT molecular complexity index is 994. The van der Waals surface area contributed by atoms with Crippen LogP contribution in [0.15, 0.2) is 72.9 Å². The Labute approximate surface area is 179 Å². The Morgan fingerprint density at radius 3 is 2.40 bits per heavy atom. The highest BCUT2D eigenvalue weighted by Gasteiger charge is 2.20. The summed E-state index contributed by atoms with van der Waals surface area (Å²) in [6, 6.07) is 19.4. The van der Waals surface area contributed by atoms with Crippen molar-refractivity contribution in [2.45, 2.75) is 13.0 Å². The van der Waals surface area contributed by atoms with E-state index in [-0.39, 0.29) is 11.4 Å². The highest BCUT2D eigenvalue weighted by molar-refractivity contribution is 6.30. The average Bonchev–Trinajstić information content (AvgIpc) is 2.78. The molecule has 1 unspecified atom stereocenters. The first-order valence-electron chi connectivity index (χ1n) is 9.43. The Balaban J connectivity index is 1.69. The Morgan fingerprint density at radius 1 is 1.00 bits per heavy atom. The molecule has 1 atom stereocenters. The smallest absolute Gasteiger partial charge is 0.344 e. The molecule has 3 aromatic rings. The van der Waals surface area contributed by atoms with Crippen molar-refractivity contribution in [2.24, 2.45) is 0 Å². The van der Waals surface area contributed by atoms with E-state index in [0.29, 0.717) is 11.6 Å². The van der Waals surface area contributed by atoms with Crippen LogP contribution in [0.3, 0.4) is 0 Å². The molecule has 0 spiro atoms. The third kappa shape index (κ3) is 5.58. The van der Waals surface area contributed by atoms with Crippen molar-refractivity contribution in [3.05, 3.63) is 94.6 Å². The molecule has 6 nitrogen and oxygen atoms in total. The van der Waals surface area contributed by atoms with Gasteiger partial charge in [0.15, 0.2) is 6.61 Å². The van der Waals surface area contributed by atoms with Crippen LogP contribution >= 0.6 is 11.6 Å². The summed E-state index contributed by atoms with van der Waals surface area (Å²) >= 11 is 5.99. The summed E-state index contributed by atoms with van der Waals surface area (Å²) in [6.45, 7) is 1.71. The highest BCUT2D eigenvalue weighted by atomic mass is 35.5. The van der Waals surface area contributed by atoms with Crippen molar-refractivity contribution in [3.8, 4) is 5.88 Å². The zero-order valence-electron chi connectivity index (χ0n) is 16.4. The summed E-state index contributed by atoms with van der Waals surface area (Å²) in [5, 5.41) is 3.51. The van der Waals surface area contributed by atoms with Crippen LogP contribution in [0.1, 0.15) is 34.5 Å². The van der Waals surface area contributed by atoms with Crippen molar-refractivity contribution in [1.29, 1.82) is 0 Å². The van der Waals surface area contributed by atoms with Crippen LogP contribution in [0, 0.1) is 0 Å². The van der Waals surface area contributed by atoms with Crippen molar-refractivity contribution in [2.75, 3.05) is 13.2 Å². The van der Waals surface area contributed by atoms with Gasteiger partial charge in [0, 0.05) is 11.2 Å². The van der Waals surface area contributed by atoms with E-state index in [9.17, 15) is 9.59 Å². The number of rotatable bonds is 8. The fourth-order valence-electron chi connectivity index (χ4n) is 2.87. The van der Waals surface area contributed by atoms with Gasteiger partial charge in [0.2, 0.25) is 5.88 Å². The molecule has 0 aliphatic rings. The maximum absolute atomic E-state index is 12.6. The minimum Gasteiger partial charge on any atom is -0.477 e. The molecule has 0 saturated carbocycles. The van der Waals surface area contributed by atoms with Gasteiger partial charge in [0.1, 0.15) is 5.56 Å². The summed E-state index contributed by atoms with van der Waals surface area (Å²) in [6.07, 6.45) is 1.52. The quantitative estimate of drug-likeness (QED) is 0.548. The van der Waals surface area contributed by atoms with Crippen molar-refractivity contribution < 1.29 is 19.1 Å². The maximum atomic E-state index is 12.6. The molecule has 1 N–H and O–H groups in total. The summed E-state index contributed by atoms with van der Waals surface area (Å²) in [5.74, 6) is -0.938. The van der Waals surface area contributed by atoms with Crippen LogP contribution in [0.4, 0.5) is 0 Å². The average molecular weight is 425 g/mol. The van der Waals surface area contributed by atoms with Crippen LogP contribution in [0.5, 0.6) is 5.88 Å². The number of aromatic nitrogens is 1. The first kappa shape index (κ1) is 21.3. The number of halogens is 1. The monoisotopic (exact) mass is 424 g/mol. The fourth-order valence-corrected chi connectivity index (χ4v) is 3.00. The Kier molecular flexibility index (Phi) is 7.40. The second-order valence-electron chi connectivity index (χ2n) is 6.33. The second kappa shape index (κ2) is 10.4. The van der Waals surface area contributed by atoms with E-state index < -0.39 is 24.5 Å². The zero-order valence-corrected chi connectivity index (χ0v) is 17.1. The minimum absolute atomic E-state index is 0.171. The standard InChI is InChI=1S/C23H21ClN2O4/c1-2-29-22-19(9-6-14-25-22)23(28)30-15-20(27)26-21(16-7-4-3-5-8-16)17-10-12-18(24)13-11-17/h3-14,21H,2,15H2,1H3,(H,26,27). The number of nitrogens with one attached hydrogen (secondary N) is 1. The molecule has 0 bridgehead atoms. The summed E-state index contributed by atoms with van der Waals surface area (Å²) in [7, 11) is 0. The zero-order chi connectivity index (χ0) is 21.3. The van der Waals surface area contributed by atoms with Gasteiger partial charge in [-0.1, -0.05) is 54.1 Å². The second-order valence-corrected chi connectivity index (χ2v) is 6.76. The number of pyridine rings is 1. The topological polar surface area (TPSA) is 77.5 Å². The summed E-state index contributed by atoms with van der Waals surface area (Å²) in [5.41, 5.74) is 1.92. The third-order valence-corrected chi connectivity index (χ3v) is 4.50. The fraction of sp³-hybridized carbons (Fsp3) is 0.174. The number of carbonyl (C=O) groups excluding carboxylic acids is 2. The lowest BCUT2D eigenvalue weighted by atomic mass is 9.99. The molecule has 2 aromatic carbocycles. The Morgan fingerprint density at radius 2 is 1.70 bits per heavy atom. The molecule has 1 amide bonds. The van der Waals surface area contributed by atoms with Crippen LogP contribution < -0.4 is 10.1 Å². The van der Waals surface area contributed by atoms with Crippen molar-refractivity contribution in [3.63, 3.8) is 0 Å². The van der Waals surface area contributed by atoms with Gasteiger partial charge >= 0.3 is 5.97 Å². The van der Waals surface area contributed by atoms with Gasteiger partial charge < -0.3 is 14.8 Å². The molecule has 0 radical (unpaired) electrons. The van der Waals surface area contributed by atoms with E-state index in [1.807, 2.05) is 42.5 Å². The number of benzene rings is 2. The minimum atomic E-state index is -0.676. The number of hydrogen-bond donors (Lipinski definition) is 1. The van der Waals surface area contributed by atoms with Gasteiger partial charge in [-0.05, 0) is 42.3 Å². The van der Waals surface area contributed by atoms with E-state index in [0.717, 1.165) is 11.1 Å². The molecular weight excluding hydrogens is 404 g/mol. The van der Waals surface area contributed by atoms with Gasteiger partial charge in [-0.3, -0.25) is 4.79 Å². The first-order valence-corrected chi connectivity index (χ1v) is 9.81. The van der Waals surface area contributed by atoms with Gasteiger partial charge in [0.05, 0.1) is 12.6 Å². The summed E-state index contributed by atoms with van der Waals surface area (Å²) in [4.78, 5) is 28.9. The molecule has 1 heterocycles. The Hall–Kier alpha value is -3.38. The molecule has 1 aromatic heterocycles. The predicted molar refractivity (Wildman–Crippen MR) is 114 cm³/mol. The lowest BCUT2D eigenvalue weighted by Crippen LogP contribution is -2.33. The maximum Gasteiger partial charge on any atom is 0.344 e. The van der Waals surface area contributed by atoms with Gasteiger partial charge in [0.25, 0.3) is 5.91 Å². The van der Waals surface area contributed by atoms with E-state index in [1.54, 1.807) is 31.2 Å².